The smallest absolute Gasteiger partial charge is 0.161 e. The van der Waals surface area contributed by atoms with Gasteiger partial charge in [-0.25, -0.2) is 0 Å². The van der Waals surface area contributed by atoms with Crippen LogP contribution in [0.1, 0.15) is 20.8 Å². The molecular formula is C14H18Br3NSi. The first kappa shape index (κ1) is 15.8. The quantitative estimate of drug-likeness (QED) is 0.321. The normalized spacial score (nSPS) is 13.3. The van der Waals surface area contributed by atoms with E-state index in [2.05, 4.69) is 104 Å². The van der Waals surface area contributed by atoms with Crippen LogP contribution in [0.4, 0.5) is 0 Å². The minimum Gasteiger partial charge on any atom is -0.373 e. The van der Waals surface area contributed by atoms with Gasteiger partial charge in [0, 0.05) is 14.3 Å². The van der Waals surface area contributed by atoms with E-state index in [9.17, 15) is 0 Å². The Labute approximate surface area is 141 Å². The lowest BCUT2D eigenvalue weighted by atomic mass is 10.2. The van der Waals surface area contributed by atoms with Crippen molar-refractivity contribution in [2.75, 3.05) is 0 Å². The van der Waals surface area contributed by atoms with Crippen LogP contribution >= 0.6 is 47.8 Å². The van der Waals surface area contributed by atoms with Crippen molar-refractivity contribution in [3.8, 4) is 0 Å². The number of fused-ring (bicyclic) bond motifs is 1. The lowest BCUT2D eigenvalue weighted by Gasteiger charge is -2.38. The van der Waals surface area contributed by atoms with E-state index in [1.807, 2.05) is 0 Å². The monoisotopic (exact) mass is 465 g/mol. The highest BCUT2D eigenvalue weighted by Crippen LogP contribution is 2.43. The van der Waals surface area contributed by atoms with E-state index in [1.165, 1.54) is 10.9 Å². The van der Waals surface area contributed by atoms with Gasteiger partial charge in [0.05, 0.1) is 9.99 Å². The molecule has 1 nitrogen and oxygen atoms in total. The molecule has 0 fully saturated rings. The van der Waals surface area contributed by atoms with Gasteiger partial charge in [-0.3, -0.25) is 0 Å². The Morgan fingerprint density at radius 1 is 1.05 bits per heavy atom. The molecule has 1 aromatic carbocycles. The molecule has 0 spiro atoms. The summed E-state index contributed by atoms with van der Waals surface area (Å²) >= 11 is 11.0. The third kappa shape index (κ3) is 2.52. The highest BCUT2D eigenvalue weighted by atomic mass is 79.9. The Kier molecular flexibility index (Phi) is 4.16. The van der Waals surface area contributed by atoms with Crippen LogP contribution in [-0.2, 0) is 0 Å². The summed E-state index contributed by atoms with van der Waals surface area (Å²) in [5, 5.41) is 1.56. The first-order chi connectivity index (χ1) is 8.57. The largest absolute Gasteiger partial charge is 0.373 e. The molecule has 0 amide bonds. The van der Waals surface area contributed by atoms with Gasteiger partial charge in [-0.2, -0.15) is 0 Å². The number of benzene rings is 1. The summed E-state index contributed by atoms with van der Waals surface area (Å²) in [6.45, 7) is 11.9. The molecule has 19 heavy (non-hydrogen) atoms. The van der Waals surface area contributed by atoms with Crippen LogP contribution in [0.5, 0.6) is 0 Å². The minimum atomic E-state index is -1.63. The highest BCUT2D eigenvalue weighted by Gasteiger charge is 2.38. The van der Waals surface area contributed by atoms with Crippen LogP contribution in [0.25, 0.3) is 10.9 Å². The summed E-state index contributed by atoms with van der Waals surface area (Å²) in [7, 11) is -1.63. The topological polar surface area (TPSA) is 4.93 Å². The average Bonchev–Trinajstić information content (AvgIpc) is 2.69. The average molecular weight is 468 g/mol. The fourth-order valence-electron chi connectivity index (χ4n) is 2.04. The van der Waals surface area contributed by atoms with Gasteiger partial charge in [-0.05, 0) is 55.2 Å². The second-order valence-electron chi connectivity index (χ2n) is 6.41. The van der Waals surface area contributed by atoms with Crippen LogP contribution in [0.15, 0.2) is 31.7 Å². The number of halogens is 3. The van der Waals surface area contributed by atoms with Crippen molar-refractivity contribution >= 4 is 66.9 Å². The second kappa shape index (κ2) is 5.00. The van der Waals surface area contributed by atoms with Gasteiger partial charge in [0.1, 0.15) is 0 Å². The predicted octanol–water partition coefficient (Wildman–Crippen LogP) is 6.78. The number of hydrogen-bond acceptors (Lipinski definition) is 0. The zero-order valence-electron chi connectivity index (χ0n) is 11.8. The third-order valence-electron chi connectivity index (χ3n) is 4.25. The minimum absolute atomic E-state index is 0.299. The van der Waals surface area contributed by atoms with E-state index in [0.29, 0.717) is 5.04 Å². The highest BCUT2D eigenvalue weighted by molar-refractivity contribution is 9.13. The number of aromatic nitrogens is 1. The van der Waals surface area contributed by atoms with Crippen LogP contribution in [0.3, 0.4) is 0 Å². The van der Waals surface area contributed by atoms with E-state index >= 15 is 0 Å². The van der Waals surface area contributed by atoms with Gasteiger partial charge in [-0.1, -0.05) is 49.8 Å². The molecule has 0 radical (unpaired) electrons. The van der Waals surface area contributed by atoms with Gasteiger partial charge in [0.25, 0.3) is 0 Å². The van der Waals surface area contributed by atoms with E-state index < -0.39 is 8.24 Å². The van der Waals surface area contributed by atoms with Crippen molar-refractivity contribution in [3.63, 3.8) is 0 Å². The fraction of sp³-hybridized carbons (Fsp3) is 0.429. The molecule has 104 valence electrons. The zero-order chi connectivity index (χ0) is 14.6. The summed E-state index contributed by atoms with van der Waals surface area (Å²) in [6, 6.07) is 4.31. The van der Waals surface area contributed by atoms with E-state index in [0.717, 1.165) is 13.4 Å². The van der Waals surface area contributed by atoms with Gasteiger partial charge in [0.2, 0.25) is 0 Å². The number of rotatable bonds is 1. The zero-order valence-corrected chi connectivity index (χ0v) is 17.6. The maximum absolute atomic E-state index is 3.74. The fourth-order valence-corrected chi connectivity index (χ4v) is 5.96. The molecule has 2 aromatic rings. The molecule has 5 heteroatoms. The molecule has 0 saturated heterocycles. The van der Waals surface area contributed by atoms with Crippen LogP contribution < -0.4 is 0 Å². The number of hydrogen-bond donors (Lipinski definition) is 0. The van der Waals surface area contributed by atoms with Crippen LogP contribution in [0.2, 0.25) is 18.1 Å². The van der Waals surface area contributed by atoms with Crippen molar-refractivity contribution in [2.24, 2.45) is 0 Å². The Bertz CT molecular complexity index is 638. The van der Waals surface area contributed by atoms with Crippen molar-refractivity contribution < 1.29 is 0 Å². The standard InChI is InChI=1S/C14H18Br3NSi/c1-14(2,3)19(4,5)18-7-6-9-10(15)8-11(16)12(17)13(9)18/h6-8H,1-5H3. The Morgan fingerprint density at radius 3 is 2.16 bits per heavy atom. The van der Waals surface area contributed by atoms with E-state index in [4.69, 9.17) is 0 Å². The molecule has 0 aliphatic heterocycles. The summed E-state index contributed by atoms with van der Waals surface area (Å²) in [5.41, 5.74) is 1.29. The Morgan fingerprint density at radius 2 is 1.63 bits per heavy atom. The molecule has 0 aliphatic rings. The van der Waals surface area contributed by atoms with Crippen molar-refractivity contribution in [2.45, 2.75) is 38.9 Å². The molecule has 2 rings (SSSR count). The maximum atomic E-state index is 3.74. The third-order valence-corrected chi connectivity index (χ3v) is 12.1. The first-order valence-electron chi connectivity index (χ1n) is 6.22. The summed E-state index contributed by atoms with van der Waals surface area (Å²) in [6.07, 6.45) is 2.24. The van der Waals surface area contributed by atoms with Crippen LogP contribution in [0, 0.1) is 0 Å². The SMILES string of the molecule is CC(C)(C)[Si](C)(C)n1ccc2c(Br)cc(Br)c(Br)c21. The molecule has 0 atom stereocenters. The van der Waals surface area contributed by atoms with Crippen molar-refractivity contribution in [1.82, 2.24) is 4.23 Å². The molecular weight excluding hydrogens is 450 g/mol. The molecule has 0 aliphatic carbocycles. The van der Waals surface area contributed by atoms with Crippen molar-refractivity contribution in [1.29, 1.82) is 0 Å². The van der Waals surface area contributed by atoms with E-state index in [1.54, 1.807) is 0 Å². The Balaban J connectivity index is 2.84. The summed E-state index contributed by atoms with van der Waals surface area (Å²) < 4.78 is 5.86. The lowest BCUT2D eigenvalue weighted by Crippen LogP contribution is -2.44. The van der Waals surface area contributed by atoms with Gasteiger partial charge < -0.3 is 4.23 Å². The summed E-state index contributed by atoms with van der Waals surface area (Å²) in [4.78, 5) is 0. The maximum Gasteiger partial charge on any atom is 0.161 e. The van der Waals surface area contributed by atoms with Gasteiger partial charge in [0.15, 0.2) is 8.24 Å². The van der Waals surface area contributed by atoms with Gasteiger partial charge >= 0.3 is 0 Å². The number of nitrogens with zero attached hydrogens (tertiary/aromatic N) is 1. The predicted molar refractivity (Wildman–Crippen MR) is 97.6 cm³/mol. The van der Waals surface area contributed by atoms with Crippen molar-refractivity contribution in [3.05, 3.63) is 31.7 Å². The summed E-state index contributed by atoms with van der Waals surface area (Å²) in [5.74, 6) is 0. The molecule has 0 saturated carbocycles. The van der Waals surface area contributed by atoms with Crippen LogP contribution in [-0.4, -0.2) is 12.5 Å². The molecule has 1 heterocycles. The molecule has 1 aromatic heterocycles. The molecule has 0 bridgehead atoms. The lowest BCUT2D eigenvalue weighted by molar-refractivity contribution is 0.703. The molecule has 0 N–H and O–H groups in total. The second-order valence-corrected chi connectivity index (χ2v) is 14.0. The van der Waals surface area contributed by atoms with E-state index in [-0.39, 0.29) is 0 Å². The Hall–Kier alpha value is 0.417. The van der Waals surface area contributed by atoms with Gasteiger partial charge in [-0.15, -0.1) is 0 Å². The first-order valence-corrected chi connectivity index (χ1v) is 11.5. The molecule has 0 unspecified atom stereocenters.